The van der Waals surface area contributed by atoms with Gasteiger partial charge < -0.3 is 10.1 Å². The summed E-state index contributed by atoms with van der Waals surface area (Å²) in [5.74, 6) is 1.16. The van der Waals surface area contributed by atoms with Crippen LogP contribution in [0.4, 0.5) is 10.7 Å². The maximum absolute atomic E-state index is 10.4. The Labute approximate surface area is 140 Å². The smallest absolute Gasteiger partial charge is 0.411 e. The van der Waals surface area contributed by atoms with Crippen LogP contribution in [0.3, 0.4) is 0 Å². The largest absolute Gasteiger partial charge is 0.465 e. The molecule has 1 aromatic heterocycles. The Bertz CT molecular complexity index is 813. The van der Waals surface area contributed by atoms with Gasteiger partial charge in [-0.1, -0.05) is 30.3 Å². The minimum atomic E-state index is -1.12. The lowest BCUT2D eigenvalue weighted by Gasteiger charge is -1.97. The highest BCUT2D eigenvalue weighted by Gasteiger charge is 2.22. The molecule has 3 N–H and O–H groups in total. The van der Waals surface area contributed by atoms with Crippen LogP contribution in [0.1, 0.15) is 35.4 Å². The predicted octanol–water partition coefficient (Wildman–Crippen LogP) is 4.83. The maximum atomic E-state index is 10.4. The van der Waals surface area contributed by atoms with Crippen molar-refractivity contribution in [2.45, 2.75) is 32.6 Å². The molecule has 1 amide bonds. The minimum absolute atomic E-state index is 0.252. The van der Waals surface area contributed by atoms with Gasteiger partial charge in [-0.3, -0.25) is 5.32 Å². The first-order valence-corrected chi connectivity index (χ1v) is 8.05. The number of benzene rings is 2. The number of hydrogen-bond donors (Lipinski definition) is 3. The Morgan fingerprint density at radius 3 is 2.46 bits per heavy atom. The lowest BCUT2D eigenvalue weighted by Crippen LogP contribution is -2.08. The molecule has 0 atom stereocenters. The fourth-order valence-corrected chi connectivity index (χ4v) is 2.57. The highest BCUT2D eigenvalue weighted by molar-refractivity contribution is 5.85. The quantitative estimate of drug-likeness (QED) is 0.632. The zero-order valence-corrected chi connectivity index (χ0v) is 13.8. The van der Waals surface area contributed by atoms with E-state index >= 15 is 0 Å². The number of fused-ring (bicyclic) bond motifs is 1. The number of rotatable bonds is 2. The number of hydrogen-bond acceptors (Lipinski definition) is 2. The topological polar surface area (TPSA) is 78.0 Å². The van der Waals surface area contributed by atoms with E-state index in [0.717, 1.165) is 28.1 Å². The van der Waals surface area contributed by atoms with E-state index in [1.54, 1.807) is 0 Å². The number of aromatic amines is 1. The maximum Gasteiger partial charge on any atom is 0.411 e. The molecule has 1 heterocycles. The zero-order valence-electron chi connectivity index (χ0n) is 13.8. The standard InChI is InChI=1S/C10H11N3O2.C9H10/c1-5-3-7-8(4-6(5)2)12-9(11-7)13-10(14)15;1-2-4-8(5-3-1)9-6-7-9/h3-4H,1-2H3,(H,14,15)(H2,11,12,13);1-5,9H,6-7H2. The highest BCUT2D eigenvalue weighted by Crippen LogP contribution is 2.39. The van der Waals surface area contributed by atoms with Gasteiger partial charge in [-0.05, 0) is 61.4 Å². The number of nitrogens with one attached hydrogen (secondary N) is 2. The second kappa shape index (κ2) is 6.74. The van der Waals surface area contributed by atoms with Gasteiger partial charge in [0.1, 0.15) is 0 Å². The summed E-state index contributed by atoms with van der Waals surface area (Å²) in [7, 11) is 0. The molecule has 4 rings (SSSR count). The van der Waals surface area contributed by atoms with Crippen LogP contribution in [0, 0.1) is 13.8 Å². The molecule has 0 saturated heterocycles. The van der Waals surface area contributed by atoms with Crippen LogP contribution >= 0.6 is 0 Å². The van der Waals surface area contributed by atoms with E-state index in [9.17, 15) is 4.79 Å². The number of aryl methyl sites for hydroxylation is 2. The SMILES string of the molecule is Cc1cc2nc(NC(=O)O)[nH]c2cc1C.c1ccc(C2CC2)cc1. The van der Waals surface area contributed by atoms with Gasteiger partial charge in [-0.25, -0.2) is 9.78 Å². The summed E-state index contributed by atoms with van der Waals surface area (Å²) in [6.07, 6.45) is 1.69. The molecule has 1 fully saturated rings. The van der Waals surface area contributed by atoms with Crippen LogP contribution in [-0.2, 0) is 0 Å². The van der Waals surface area contributed by atoms with E-state index in [4.69, 9.17) is 5.11 Å². The highest BCUT2D eigenvalue weighted by atomic mass is 16.4. The molecule has 5 heteroatoms. The van der Waals surface area contributed by atoms with Gasteiger partial charge in [0, 0.05) is 0 Å². The third kappa shape index (κ3) is 3.93. The summed E-state index contributed by atoms with van der Waals surface area (Å²) in [5.41, 5.74) is 5.41. The monoisotopic (exact) mass is 323 g/mol. The average molecular weight is 323 g/mol. The van der Waals surface area contributed by atoms with E-state index < -0.39 is 6.09 Å². The van der Waals surface area contributed by atoms with Crippen molar-refractivity contribution in [3.63, 3.8) is 0 Å². The van der Waals surface area contributed by atoms with Crippen LogP contribution in [0.25, 0.3) is 11.0 Å². The van der Waals surface area contributed by atoms with Gasteiger partial charge in [-0.15, -0.1) is 0 Å². The van der Waals surface area contributed by atoms with Gasteiger partial charge in [0.25, 0.3) is 0 Å². The first-order chi connectivity index (χ1) is 11.5. The van der Waals surface area contributed by atoms with Crippen molar-refractivity contribution in [1.82, 2.24) is 9.97 Å². The zero-order chi connectivity index (χ0) is 17.1. The molecule has 1 saturated carbocycles. The summed E-state index contributed by atoms with van der Waals surface area (Å²) in [4.78, 5) is 17.4. The summed E-state index contributed by atoms with van der Waals surface area (Å²) in [6.45, 7) is 3.99. The van der Waals surface area contributed by atoms with Crippen LogP contribution in [-0.4, -0.2) is 21.2 Å². The van der Waals surface area contributed by atoms with E-state index in [-0.39, 0.29) is 5.95 Å². The van der Waals surface area contributed by atoms with Gasteiger partial charge in [0.05, 0.1) is 11.0 Å². The summed E-state index contributed by atoms with van der Waals surface area (Å²) in [5, 5.41) is 10.7. The number of anilines is 1. The summed E-state index contributed by atoms with van der Waals surface area (Å²) < 4.78 is 0. The second-order valence-corrected chi connectivity index (χ2v) is 6.15. The normalized spacial score (nSPS) is 13.2. The number of H-pyrrole nitrogens is 1. The summed E-state index contributed by atoms with van der Waals surface area (Å²) >= 11 is 0. The average Bonchev–Trinajstić information content (AvgIpc) is 3.32. The van der Waals surface area contributed by atoms with Crippen LogP contribution < -0.4 is 5.32 Å². The molecule has 24 heavy (non-hydrogen) atoms. The molecule has 1 aliphatic rings. The molecule has 0 spiro atoms. The first-order valence-electron chi connectivity index (χ1n) is 8.05. The van der Waals surface area contributed by atoms with Crippen LogP contribution in [0.15, 0.2) is 42.5 Å². The molecule has 5 nitrogen and oxygen atoms in total. The molecule has 124 valence electrons. The van der Waals surface area contributed by atoms with Gasteiger partial charge in [-0.2, -0.15) is 0 Å². The fourth-order valence-electron chi connectivity index (χ4n) is 2.57. The molecule has 1 aliphatic carbocycles. The Morgan fingerprint density at radius 2 is 1.83 bits per heavy atom. The van der Waals surface area contributed by atoms with Crippen molar-refractivity contribution in [1.29, 1.82) is 0 Å². The predicted molar refractivity (Wildman–Crippen MR) is 95.6 cm³/mol. The van der Waals surface area contributed by atoms with Crippen molar-refractivity contribution in [2.75, 3.05) is 5.32 Å². The lowest BCUT2D eigenvalue weighted by molar-refractivity contribution is 0.209. The number of aromatic nitrogens is 2. The second-order valence-electron chi connectivity index (χ2n) is 6.15. The Hall–Kier alpha value is -2.82. The van der Waals surface area contributed by atoms with Crippen molar-refractivity contribution < 1.29 is 9.90 Å². The molecular formula is C19H21N3O2. The number of carboxylic acid groups (broad SMARTS) is 1. The van der Waals surface area contributed by atoms with E-state index in [0.29, 0.717) is 0 Å². The molecule has 0 aliphatic heterocycles. The van der Waals surface area contributed by atoms with Crippen molar-refractivity contribution in [3.05, 3.63) is 59.2 Å². The van der Waals surface area contributed by atoms with Crippen molar-refractivity contribution in [3.8, 4) is 0 Å². The van der Waals surface area contributed by atoms with Gasteiger partial charge in [0.15, 0.2) is 0 Å². The minimum Gasteiger partial charge on any atom is -0.465 e. The number of carbonyl (C=O) groups is 1. The third-order valence-electron chi connectivity index (χ3n) is 4.17. The van der Waals surface area contributed by atoms with Crippen LogP contribution in [0.5, 0.6) is 0 Å². The molecule has 0 radical (unpaired) electrons. The number of imidazole rings is 1. The number of amides is 1. The molecule has 2 aromatic carbocycles. The Morgan fingerprint density at radius 1 is 1.17 bits per heavy atom. The molecule has 0 unspecified atom stereocenters. The van der Waals surface area contributed by atoms with E-state index in [1.165, 1.54) is 18.4 Å². The van der Waals surface area contributed by atoms with E-state index in [2.05, 4.69) is 45.6 Å². The fraction of sp³-hybridized carbons (Fsp3) is 0.263. The number of nitrogens with zero attached hydrogens (tertiary/aromatic N) is 1. The van der Waals surface area contributed by atoms with Gasteiger partial charge >= 0.3 is 6.09 Å². The lowest BCUT2D eigenvalue weighted by atomic mass is 10.1. The first kappa shape index (κ1) is 16.1. The molecular weight excluding hydrogens is 302 g/mol. The van der Waals surface area contributed by atoms with E-state index in [1.807, 2.05) is 26.0 Å². The summed E-state index contributed by atoms with van der Waals surface area (Å²) in [6, 6.07) is 14.6. The molecule has 0 bridgehead atoms. The Balaban J connectivity index is 0.000000159. The third-order valence-corrected chi connectivity index (χ3v) is 4.17. The van der Waals surface area contributed by atoms with Crippen molar-refractivity contribution >= 4 is 23.1 Å². The van der Waals surface area contributed by atoms with Crippen LogP contribution in [0.2, 0.25) is 0 Å². The van der Waals surface area contributed by atoms with Crippen molar-refractivity contribution in [2.24, 2.45) is 0 Å². The Kier molecular flexibility index (Phi) is 4.51. The van der Waals surface area contributed by atoms with Gasteiger partial charge in [0.2, 0.25) is 5.95 Å². The molecule has 3 aromatic rings.